The molecule has 0 aliphatic carbocycles. The van der Waals surface area contributed by atoms with Crippen molar-refractivity contribution >= 4 is 38.8 Å². The van der Waals surface area contributed by atoms with E-state index in [2.05, 4.69) is 22.4 Å². The Morgan fingerprint density at radius 3 is 2.55 bits per heavy atom. The van der Waals surface area contributed by atoms with Crippen LogP contribution >= 0.6 is 11.8 Å². The lowest BCUT2D eigenvalue weighted by molar-refractivity contribution is -0.120. The first-order chi connectivity index (χ1) is 14.7. The van der Waals surface area contributed by atoms with Crippen LogP contribution in [0.4, 0.5) is 0 Å². The van der Waals surface area contributed by atoms with Crippen LogP contribution in [0.1, 0.15) is 25.8 Å². The number of aromatic nitrogens is 1. The first-order valence-corrected chi connectivity index (χ1v) is 12.3. The van der Waals surface area contributed by atoms with E-state index in [0.717, 1.165) is 17.1 Å². The molecule has 3 aromatic rings. The molecule has 9 heteroatoms. The second-order valence-corrected chi connectivity index (χ2v) is 11.0. The largest absolute Gasteiger partial charge is 0.431 e. The Balaban J connectivity index is 1.60. The van der Waals surface area contributed by atoms with Gasteiger partial charge >= 0.3 is 0 Å². The highest BCUT2D eigenvalue weighted by Crippen LogP contribution is 2.28. The summed E-state index contributed by atoms with van der Waals surface area (Å²) in [6.07, 6.45) is 1.74. The lowest BCUT2D eigenvalue weighted by Gasteiger charge is -2.16. The number of sulfonamides is 1. The summed E-state index contributed by atoms with van der Waals surface area (Å²) >= 11 is 1.20. The molecule has 31 heavy (non-hydrogen) atoms. The number of oxazole rings is 1. The van der Waals surface area contributed by atoms with Gasteiger partial charge < -0.3 is 9.73 Å². The van der Waals surface area contributed by atoms with Crippen molar-refractivity contribution in [3.05, 3.63) is 54.1 Å². The molecule has 0 aliphatic heterocycles. The van der Waals surface area contributed by atoms with Gasteiger partial charge in [0.25, 0.3) is 5.22 Å². The van der Waals surface area contributed by atoms with Crippen molar-refractivity contribution in [3.63, 3.8) is 0 Å². The first-order valence-electron chi connectivity index (χ1n) is 10.0. The normalized spacial score (nSPS) is 14.0. The summed E-state index contributed by atoms with van der Waals surface area (Å²) in [5.41, 5.74) is 2.16. The van der Waals surface area contributed by atoms with E-state index in [4.69, 9.17) is 4.42 Å². The number of fused-ring (bicyclic) bond motifs is 1. The van der Waals surface area contributed by atoms with Gasteiger partial charge in [0.1, 0.15) is 5.52 Å². The zero-order valence-corrected chi connectivity index (χ0v) is 19.7. The third-order valence-corrected chi connectivity index (χ3v) is 7.62. The fourth-order valence-corrected chi connectivity index (χ4v) is 4.66. The smallest absolute Gasteiger partial charge is 0.257 e. The second kappa shape index (κ2) is 9.84. The fraction of sp³-hybridized carbons (Fsp3) is 0.364. The van der Waals surface area contributed by atoms with E-state index in [0.29, 0.717) is 16.3 Å². The minimum Gasteiger partial charge on any atom is -0.431 e. The minimum absolute atomic E-state index is 0.0400. The van der Waals surface area contributed by atoms with Crippen LogP contribution < -0.4 is 5.32 Å². The number of benzene rings is 2. The molecule has 1 N–H and O–H groups in total. The number of rotatable bonds is 9. The van der Waals surface area contributed by atoms with Gasteiger partial charge in [0.15, 0.2) is 5.58 Å². The van der Waals surface area contributed by atoms with Crippen LogP contribution in [0.25, 0.3) is 11.1 Å². The summed E-state index contributed by atoms with van der Waals surface area (Å²) in [6.45, 7) is 3.78. The molecule has 1 aromatic heterocycles. The number of aryl methyl sites for hydroxylation is 1. The highest BCUT2D eigenvalue weighted by molar-refractivity contribution is 8.00. The molecular formula is C22H27N3O4S2. The molecule has 0 saturated carbocycles. The van der Waals surface area contributed by atoms with E-state index in [1.165, 1.54) is 43.6 Å². The third kappa shape index (κ3) is 5.87. The number of hydrogen-bond acceptors (Lipinski definition) is 6. The molecule has 0 radical (unpaired) electrons. The highest BCUT2D eigenvalue weighted by Gasteiger charge is 2.22. The number of hydrogen-bond donors (Lipinski definition) is 1. The Labute approximate surface area is 187 Å². The molecule has 0 bridgehead atoms. The third-order valence-electron chi connectivity index (χ3n) is 4.86. The van der Waals surface area contributed by atoms with Gasteiger partial charge in [0, 0.05) is 20.1 Å². The van der Waals surface area contributed by atoms with Crippen LogP contribution in [-0.2, 0) is 21.2 Å². The maximum Gasteiger partial charge on any atom is 0.257 e. The summed E-state index contributed by atoms with van der Waals surface area (Å²) < 4.78 is 31.4. The molecule has 1 heterocycles. The van der Waals surface area contributed by atoms with E-state index >= 15 is 0 Å². The van der Waals surface area contributed by atoms with Gasteiger partial charge in [0.2, 0.25) is 15.9 Å². The van der Waals surface area contributed by atoms with E-state index in [1.807, 2.05) is 25.1 Å². The average molecular weight is 462 g/mol. The monoisotopic (exact) mass is 461 g/mol. The maximum atomic E-state index is 12.6. The molecule has 0 fully saturated rings. The van der Waals surface area contributed by atoms with Crippen LogP contribution in [-0.4, -0.2) is 49.0 Å². The molecule has 3 rings (SSSR count). The Hall–Kier alpha value is -2.36. The number of thioether (sulfide) groups is 1. The van der Waals surface area contributed by atoms with Crippen molar-refractivity contribution in [1.29, 1.82) is 0 Å². The molecule has 2 unspecified atom stereocenters. The lowest BCUT2D eigenvalue weighted by atomic mass is 10.1. The van der Waals surface area contributed by atoms with Crippen LogP contribution in [0, 0.1) is 0 Å². The molecule has 0 aliphatic rings. The van der Waals surface area contributed by atoms with Crippen molar-refractivity contribution < 1.29 is 17.6 Å². The Morgan fingerprint density at radius 1 is 1.16 bits per heavy atom. The van der Waals surface area contributed by atoms with Crippen molar-refractivity contribution in [2.75, 3.05) is 14.1 Å². The zero-order chi connectivity index (χ0) is 22.6. The second-order valence-electron chi connectivity index (χ2n) is 7.59. The molecule has 1 amide bonds. The number of nitrogens with one attached hydrogen (secondary N) is 1. The van der Waals surface area contributed by atoms with Crippen LogP contribution in [0.15, 0.2) is 63.1 Å². The zero-order valence-electron chi connectivity index (χ0n) is 18.0. The summed E-state index contributed by atoms with van der Waals surface area (Å²) in [7, 11) is -0.600. The van der Waals surface area contributed by atoms with E-state index in [-0.39, 0.29) is 16.8 Å². The topological polar surface area (TPSA) is 92.5 Å². The number of amides is 1. The average Bonchev–Trinajstić information content (AvgIpc) is 3.14. The van der Waals surface area contributed by atoms with Gasteiger partial charge in [-0.15, -0.1) is 0 Å². The van der Waals surface area contributed by atoms with Crippen LogP contribution in [0.2, 0.25) is 0 Å². The number of carbonyl (C=O) groups is 1. The molecule has 7 nitrogen and oxygen atoms in total. The van der Waals surface area contributed by atoms with Crippen molar-refractivity contribution in [3.8, 4) is 0 Å². The predicted molar refractivity (Wildman–Crippen MR) is 123 cm³/mol. The van der Waals surface area contributed by atoms with Crippen LogP contribution in [0.3, 0.4) is 0 Å². The minimum atomic E-state index is -3.55. The first kappa shape index (κ1) is 23.3. The van der Waals surface area contributed by atoms with E-state index < -0.39 is 15.3 Å². The van der Waals surface area contributed by atoms with Gasteiger partial charge in [-0.25, -0.2) is 17.7 Å². The van der Waals surface area contributed by atoms with Gasteiger partial charge in [-0.1, -0.05) is 42.1 Å². The van der Waals surface area contributed by atoms with E-state index in [1.54, 1.807) is 13.0 Å². The quantitative estimate of drug-likeness (QED) is 0.489. The van der Waals surface area contributed by atoms with Gasteiger partial charge in [-0.05, 0) is 50.5 Å². The molecule has 0 spiro atoms. The SMILES string of the molecule is CC(CCc1ccccc1)NC(=O)C(C)Sc1nc2cc(S(=O)(=O)N(C)C)ccc2o1. The van der Waals surface area contributed by atoms with Gasteiger partial charge in [0.05, 0.1) is 10.1 Å². The molecule has 2 aromatic carbocycles. The molecule has 2 atom stereocenters. The van der Waals surface area contributed by atoms with Crippen LogP contribution in [0.5, 0.6) is 0 Å². The number of carbonyl (C=O) groups excluding carboxylic acids is 1. The highest BCUT2D eigenvalue weighted by atomic mass is 32.2. The maximum absolute atomic E-state index is 12.6. The Bertz CT molecular complexity index is 1140. The van der Waals surface area contributed by atoms with E-state index in [9.17, 15) is 13.2 Å². The van der Waals surface area contributed by atoms with Crippen molar-refractivity contribution in [1.82, 2.24) is 14.6 Å². The van der Waals surface area contributed by atoms with Crippen molar-refractivity contribution in [2.45, 2.75) is 48.1 Å². The number of nitrogens with zero attached hydrogens (tertiary/aromatic N) is 2. The summed E-state index contributed by atoms with van der Waals surface area (Å²) in [6, 6.07) is 14.8. The van der Waals surface area contributed by atoms with Gasteiger partial charge in [-0.2, -0.15) is 0 Å². The lowest BCUT2D eigenvalue weighted by Crippen LogP contribution is -2.37. The Morgan fingerprint density at radius 2 is 1.87 bits per heavy atom. The fourth-order valence-electron chi connectivity index (χ4n) is 2.97. The summed E-state index contributed by atoms with van der Waals surface area (Å²) in [5, 5.41) is 2.95. The summed E-state index contributed by atoms with van der Waals surface area (Å²) in [5.74, 6) is -0.0938. The molecular weight excluding hydrogens is 434 g/mol. The standard InChI is InChI=1S/C22H27N3O4S2/c1-15(10-11-17-8-6-5-7-9-17)23-21(26)16(2)30-22-24-19-14-18(12-13-20(19)29-22)31(27,28)25(3)4/h5-9,12-16H,10-11H2,1-4H3,(H,23,26). The Kier molecular flexibility index (Phi) is 7.40. The summed E-state index contributed by atoms with van der Waals surface area (Å²) in [4.78, 5) is 17.1. The van der Waals surface area contributed by atoms with Crippen molar-refractivity contribution in [2.24, 2.45) is 0 Å². The predicted octanol–water partition coefficient (Wildman–Crippen LogP) is 3.70. The van der Waals surface area contributed by atoms with Gasteiger partial charge in [-0.3, -0.25) is 4.79 Å². The molecule has 166 valence electrons. The molecule has 0 saturated heterocycles.